The van der Waals surface area contributed by atoms with Gasteiger partial charge in [-0.1, -0.05) is 6.07 Å². The minimum atomic E-state index is -3.66. The Bertz CT molecular complexity index is 810. The Balaban J connectivity index is 2.38. The first-order valence-corrected chi connectivity index (χ1v) is 7.63. The maximum Gasteiger partial charge on any atom is 0.201 e. The number of ether oxygens (including phenoxy) is 1. The lowest BCUT2D eigenvalue weighted by molar-refractivity contribution is 0.413. The highest BCUT2D eigenvalue weighted by molar-refractivity contribution is 7.90. The molecule has 0 amide bonds. The van der Waals surface area contributed by atoms with Gasteiger partial charge in [0.05, 0.1) is 24.1 Å². The second kappa shape index (κ2) is 5.81. The highest BCUT2D eigenvalue weighted by Crippen LogP contribution is 2.24. The molecule has 0 radical (unpaired) electrons. The lowest BCUT2D eigenvalue weighted by Gasteiger charge is -2.08. The molecule has 0 spiro atoms. The van der Waals surface area contributed by atoms with Crippen LogP contribution in [0.15, 0.2) is 41.6 Å². The Morgan fingerprint density at radius 3 is 2.76 bits per heavy atom. The average molecular weight is 303 g/mol. The molecule has 2 aromatic rings. The van der Waals surface area contributed by atoms with Crippen molar-refractivity contribution in [3.05, 3.63) is 47.7 Å². The van der Waals surface area contributed by atoms with Crippen LogP contribution >= 0.6 is 0 Å². The van der Waals surface area contributed by atoms with E-state index in [4.69, 9.17) is 15.7 Å². The smallest absolute Gasteiger partial charge is 0.201 e. The summed E-state index contributed by atoms with van der Waals surface area (Å²) in [5, 5.41) is 8.77. The van der Waals surface area contributed by atoms with Gasteiger partial charge >= 0.3 is 0 Å². The molecule has 21 heavy (non-hydrogen) atoms. The van der Waals surface area contributed by atoms with Crippen LogP contribution in [0.2, 0.25) is 0 Å². The van der Waals surface area contributed by atoms with Crippen molar-refractivity contribution in [2.45, 2.75) is 10.8 Å². The zero-order chi connectivity index (χ0) is 15.5. The first kappa shape index (κ1) is 14.8. The highest BCUT2D eigenvalue weighted by atomic mass is 32.2. The Kier molecular flexibility index (Phi) is 4.10. The van der Waals surface area contributed by atoms with Crippen molar-refractivity contribution in [1.82, 2.24) is 4.98 Å². The van der Waals surface area contributed by atoms with Gasteiger partial charge in [0.25, 0.3) is 0 Å². The second-order valence-corrected chi connectivity index (χ2v) is 6.21. The number of nitriles is 1. The van der Waals surface area contributed by atoms with Gasteiger partial charge in [-0.25, -0.2) is 13.4 Å². The van der Waals surface area contributed by atoms with E-state index in [-0.39, 0.29) is 16.5 Å². The number of nitrogens with zero attached hydrogens (tertiary/aromatic N) is 2. The average Bonchev–Trinajstić information content (AvgIpc) is 2.47. The third-order valence-corrected chi connectivity index (χ3v) is 4.48. The molecule has 0 atom stereocenters. The summed E-state index contributed by atoms with van der Waals surface area (Å²) in [7, 11) is -2.24. The molecule has 1 heterocycles. The molecule has 0 unspecified atom stereocenters. The Morgan fingerprint density at radius 1 is 1.38 bits per heavy atom. The van der Waals surface area contributed by atoms with Crippen molar-refractivity contribution >= 4 is 15.5 Å². The Hall–Kier alpha value is -2.59. The van der Waals surface area contributed by atoms with Crippen LogP contribution in [-0.2, 0) is 15.6 Å². The Labute approximate surface area is 122 Å². The number of hydrogen-bond acceptors (Lipinski definition) is 6. The summed E-state index contributed by atoms with van der Waals surface area (Å²) in [5.74, 6) is 0.0650. The lowest BCUT2D eigenvalue weighted by atomic mass is 10.1. The number of nitrogens with two attached hydrogens (primary N) is 1. The Morgan fingerprint density at radius 2 is 2.14 bits per heavy atom. The number of rotatable bonds is 4. The fraction of sp³-hybridized carbons (Fsp3) is 0.143. The van der Waals surface area contributed by atoms with Gasteiger partial charge in [-0.15, -0.1) is 0 Å². The first-order chi connectivity index (χ1) is 9.97. The van der Waals surface area contributed by atoms with Gasteiger partial charge in [-0.3, -0.25) is 0 Å². The zero-order valence-corrected chi connectivity index (χ0v) is 12.1. The van der Waals surface area contributed by atoms with E-state index >= 15 is 0 Å². The summed E-state index contributed by atoms with van der Waals surface area (Å²) >= 11 is 0. The van der Waals surface area contributed by atoms with Crippen molar-refractivity contribution < 1.29 is 13.2 Å². The van der Waals surface area contributed by atoms with E-state index in [9.17, 15) is 8.42 Å². The SMILES string of the molecule is COc1cc(CS(=O)(=O)c2ncccc2N)ccc1C#N. The molecular weight excluding hydrogens is 290 g/mol. The van der Waals surface area contributed by atoms with Crippen LogP contribution in [-0.4, -0.2) is 20.5 Å². The molecule has 7 heteroatoms. The van der Waals surface area contributed by atoms with Crippen molar-refractivity contribution in [3.8, 4) is 11.8 Å². The van der Waals surface area contributed by atoms with Gasteiger partial charge in [0.15, 0.2) is 5.03 Å². The van der Waals surface area contributed by atoms with E-state index < -0.39 is 9.84 Å². The van der Waals surface area contributed by atoms with Crippen LogP contribution in [0, 0.1) is 11.3 Å². The predicted molar refractivity (Wildman–Crippen MR) is 77.2 cm³/mol. The number of nitrogen functional groups attached to an aromatic ring is 1. The van der Waals surface area contributed by atoms with E-state index in [1.54, 1.807) is 12.1 Å². The third kappa shape index (κ3) is 3.12. The zero-order valence-electron chi connectivity index (χ0n) is 11.3. The summed E-state index contributed by atoms with van der Waals surface area (Å²) in [6.45, 7) is 0. The van der Waals surface area contributed by atoms with E-state index in [2.05, 4.69) is 4.98 Å². The maximum atomic E-state index is 12.3. The number of pyridine rings is 1. The number of benzene rings is 1. The van der Waals surface area contributed by atoms with Crippen LogP contribution in [0.25, 0.3) is 0 Å². The fourth-order valence-electron chi connectivity index (χ4n) is 1.87. The summed E-state index contributed by atoms with van der Waals surface area (Å²) in [6.07, 6.45) is 1.38. The molecule has 0 aliphatic heterocycles. The molecule has 2 rings (SSSR count). The molecule has 1 aromatic heterocycles. The molecule has 0 aliphatic carbocycles. The molecular formula is C14H13N3O3S. The topological polar surface area (TPSA) is 106 Å². The molecule has 108 valence electrons. The van der Waals surface area contributed by atoms with Gasteiger partial charge in [-0.05, 0) is 29.8 Å². The van der Waals surface area contributed by atoms with Gasteiger partial charge in [0.2, 0.25) is 9.84 Å². The molecule has 0 saturated carbocycles. The van der Waals surface area contributed by atoms with E-state index in [1.807, 2.05) is 6.07 Å². The predicted octanol–water partition coefficient (Wildman–Crippen LogP) is 1.52. The lowest BCUT2D eigenvalue weighted by Crippen LogP contribution is -2.10. The summed E-state index contributed by atoms with van der Waals surface area (Å²) < 4.78 is 29.7. The largest absolute Gasteiger partial charge is 0.495 e. The quantitative estimate of drug-likeness (QED) is 0.917. The van der Waals surface area contributed by atoms with Crippen LogP contribution < -0.4 is 10.5 Å². The van der Waals surface area contributed by atoms with Gasteiger partial charge in [0.1, 0.15) is 11.8 Å². The molecule has 6 nitrogen and oxygen atoms in total. The monoisotopic (exact) mass is 303 g/mol. The number of methoxy groups -OCH3 is 1. The maximum absolute atomic E-state index is 12.3. The van der Waals surface area contributed by atoms with Gasteiger partial charge < -0.3 is 10.5 Å². The van der Waals surface area contributed by atoms with Crippen LogP contribution in [0.1, 0.15) is 11.1 Å². The van der Waals surface area contributed by atoms with Crippen LogP contribution in [0.3, 0.4) is 0 Å². The summed E-state index contributed by atoms with van der Waals surface area (Å²) in [6, 6.07) is 9.63. The van der Waals surface area contributed by atoms with E-state index in [0.717, 1.165) is 0 Å². The number of anilines is 1. The molecule has 0 bridgehead atoms. The highest BCUT2D eigenvalue weighted by Gasteiger charge is 2.20. The normalized spacial score (nSPS) is 10.9. The van der Waals surface area contributed by atoms with Crippen LogP contribution in [0.4, 0.5) is 5.69 Å². The molecule has 0 fully saturated rings. The second-order valence-electron chi connectivity index (χ2n) is 4.30. The molecule has 0 aliphatic rings. The van der Waals surface area contributed by atoms with Gasteiger partial charge in [-0.2, -0.15) is 5.26 Å². The molecule has 0 saturated heterocycles. The number of hydrogen-bond donors (Lipinski definition) is 1. The molecule has 1 aromatic carbocycles. The number of aromatic nitrogens is 1. The van der Waals surface area contributed by atoms with E-state index in [0.29, 0.717) is 16.9 Å². The fourth-order valence-corrected chi connectivity index (χ4v) is 3.27. The standard InChI is InChI=1S/C14H13N3O3S/c1-20-13-7-10(4-5-11(13)8-15)9-21(18,19)14-12(16)3-2-6-17-14/h2-7H,9,16H2,1H3. The van der Waals surface area contributed by atoms with E-state index in [1.165, 1.54) is 31.5 Å². The van der Waals surface area contributed by atoms with Crippen molar-refractivity contribution in [1.29, 1.82) is 5.26 Å². The van der Waals surface area contributed by atoms with Crippen molar-refractivity contribution in [2.24, 2.45) is 0 Å². The minimum absolute atomic E-state index is 0.109. The van der Waals surface area contributed by atoms with Crippen molar-refractivity contribution in [2.75, 3.05) is 12.8 Å². The first-order valence-electron chi connectivity index (χ1n) is 5.98. The van der Waals surface area contributed by atoms with Crippen molar-refractivity contribution in [3.63, 3.8) is 0 Å². The minimum Gasteiger partial charge on any atom is -0.495 e. The molecule has 2 N–H and O–H groups in total. The van der Waals surface area contributed by atoms with Crippen LogP contribution in [0.5, 0.6) is 5.75 Å². The summed E-state index contributed by atoms with van der Waals surface area (Å²) in [5.41, 5.74) is 6.60. The summed E-state index contributed by atoms with van der Waals surface area (Å²) in [4.78, 5) is 3.83. The van der Waals surface area contributed by atoms with Gasteiger partial charge in [0, 0.05) is 6.20 Å². The number of sulfone groups is 1. The third-order valence-electron chi connectivity index (χ3n) is 2.84.